The molecule has 1 fully saturated rings. The van der Waals surface area contributed by atoms with E-state index in [1.807, 2.05) is 30.3 Å². The average molecular weight is 398 g/mol. The maximum atomic E-state index is 12.5. The number of methoxy groups -OCH3 is 1. The Labute approximate surface area is 174 Å². The maximum absolute atomic E-state index is 12.5. The van der Waals surface area contributed by atoms with E-state index in [1.54, 1.807) is 30.2 Å². The molecular formula is C24H33N2O3+. The topological polar surface area (TPSA) is 52.0 Å². The predicted octanol–water partition coefficient (Wildman–Crippen LogP) is 2.85. The van der Waals surface area contributed by atoms with Gasteiger partial charge in [-0.1, -0.05) is 30.3 Å². The monoisotopic (exact) mass is 397 g/mol. The maximum Gasteiger partial charge on any atom is 0.251 e. The van der Waals surface area contributed by atoms with E-state index < -0.39 is 0 Å². The van der Waals surface area contributed by atoms with Gasteiger partial charge in [0.25, 0.3) is 5.91 Å². The summed E-state index contributed by atoms with van der Waals surface area (Å²) in [6.45, 7) is 5.87. The van der Waals surface area contributed by atoms with Gasteiger partial charge in [0.05, 0.1) is 26.2 Å². The SMILES string of the molecule is COc1cc(C(=O)NCCC[NH+]2CCCC[C@@H]2C)ccc1OCc1ccccc1. The average Bonchev–Trinajstić information content (AvgIpc) is 2.76. The number of nitrogens with one attached hydrogen (secondary N) is 2. The molecule has 0 bridgehead atoms. The number of amides is 1. The molecule has 0 aliphatic carbocycles. The molecule has 3 rings (SSSR count). The third-order valence-electron chi connectivity index (χ3n) is 5.71. The zero-order valence-electron chi connectivity index (χ0n) is 17.6. The fourth-order valence-electron chi connectivity index (χ4n) is 3.91. The summed E-state index contributed by atoms with van der Waals surface area (Å²) in [5, 5.41) is 3.03. The molecule has 1 unspecified atom stereocenters. The Morgan fingerprint density at radius 3 is 2.72 bits per heavy atom. The predicted molar refractivity (Wildman–Crippen MR) is 115 cm³/mol. The van der Waals surface area contributed by atoms with Crippen LogP contribution < -0.4 is 19.7 Å². The zero-order valence-corrected chi connectivity index (χ0v) is 17.6. The Morgan fingerprint density at radius 2 is 1.97 bits per heavy atom. The third-order valence-corrected chi connectivity index (χ3v) is 5.71. The summed E-state index contributed by atoms with van der Waals surface area (Å²) in [5.41, 5.74) is 1.68. The van der Waals surface area contributed by atoms with Gasteiger partial charge in [-0.2, -0.15) is 0 Å². The van der Waals surface area contributed by atoms with Crippen molar-refractivity contribution in [3.8, 4) is 11.5 Å². The number of carbonyl (C=O) groups excluding carboxylic acids is 1. The Hall–Kier alpha value is -2.53. The lowest BCUT2D eigenvalue weighted by Crippen LogP contribution is -3.16. The van der Waals surface area contributed by atoms with Crippen LogP contribution in [0.25, 0.3) is 0 Å². The van der Waals surface area contributed by atoms with Gasteiger partial charge in [-0.25, -0.2) is 0 Å². The van der Waals surface area contributed by atoms with Crippen LogP contribution in [0.4, 0.5) is 0 Å². The van der Waals surface area contributed by atoms with E-state index >= 15 is 0 Å². The second kappa shape index (κ2) is 10.9. The zero-order chi connectivity index (χ0) is 20.5. The Bertz CT molecular complexity index is 779. The van der Waals surface area contributed by atoms with Crippen LogP contribution in [0.3, 0.4) is 0 Å². The van der Waals surface area contributed by atoms with Crippen molar-refractivity contribution in [2.24, 2.45) is 0 Å². The summed E-state index contributed by atoms with van der Waals surface area (Å²) in [7, 11) is 1.59. The van der Waals surface area contributed by atoms with Crippen LogP contribution in [0.1, 0.15) is 48.5 Å². The summed E-state index contributed by atoms with van der Waals surface area (Å²) >= 11 is 0. The van der Waals surface area contributed by atoms with E-state index in [4.69, 9.17) is 9.47 Å². The normalized spacial score (nSPS) is 18.8. The lowest BCUT2D eigenvalue weighted by molar-refractivity contribution is -0.928. The number of carbonyl (C=O) groups is 1. The largest absolute Gasteiger partial charge is 0.493 e. The molecule has 1 amide bonds. The molecular weight excluding hydrogens is 364 g/mol. The van der Waals surface area contributed by atoms with Crippen LogP contribution in [-0.4, -0.2) is 38.7 Å². The molecule has 1 heterocycles. The number of likely N-dealkylation sites (tertiary alicyclic amines) is 1. The second-order valence-electron chi connectivity index (χ2n) is 7.80. The number of hydrogen-bond acceptors (Lipinski definition) is 3. The van der Waals surface area contributed by atoms with Crippen LogP contribution in [0.2, 0.25) is 0 Å². The van der Waals surface area contributed by atoms with Crippen molar-refractivity contribution < 1.29 is 19.2 Å². The minimum atomic E-state index is -0.0698. The fourth-order valence-corrected chi connectivity index (χ4v) is 3.91. The van der Waals surface area contributed by atoms with Gasteiger partial charge in [-0.15, -0.1) is 0 Å². The minimum absolute atomic E-state index is 0.0698. The summed E-state index contributed by atoms with van der Waals surface area (Å²) in [4.78, 5) is 14.2. The molecule has 2 aromatic carbocycles. The van der Waals surface area contributed by atoms with E-state index in [-0.39, 0.29) is 5.91 Å². The highest BCUT2D eigenvalue weighted by molar-refractivity contribution is 5.94. The molecule has 2 atom stereocenters. The molecule has 5 heteroatoms. The number of rotatable bonds is 9. The first kappa shape index (κ1) is 21.2. The van der Waals surface area contributed by atoms with Crippen molar-refractivity contribution in [1.29, 1.82) is 0 Å². The molecule has 156 valence electrons. The lowest BCUT2D eigenvalue weighted by Gasteiger charge is -2.30. The van der Waals surface area contributed by atoms with Gasteiger partial charge in [-0.3, -0.25) is 4.79 Å². The number of quaternary nitrogens is 1. The summed E-state index contributed by atoms with van der Waals surface area (Å²) in [6.07, 6.45) is 5.00. The van der Waals surface area contributed by atoms with Crippen LogP contribution in [0.5, 0.6) is 11.5 Å². The van der Waals surface area contributed by atoms with E-state index in [0.717, 1.165) is 24.6 Å². The highest BCUT2D eigenvalue weighted by Gasteiger charge is 2.21. The molecule has 0 spiro atoms. The molecule has 0 radical (unpaired) electrons. The van der Waals surface area contributed by atoms with Crippen molar-refractivity contribution in [1.82, 2.24) is 5.32 Å². The highest BCUT2D eigenvalue weighted by Crippen LogP contribution is 2.28. The molecule has 1 saturated heterocycles. The van der Waals surface area contributed by atoms with Crippen molar-refractivity contribution in [2.75, 3.05) is 26.7 Å². The molecule has 5 nitrogen and oxygen atoms in total. The molecule has 0 saturated carbocycles. The molecule has 2 N–H and O–H groups in total. The number of hydrogen-bond donors (Lipinski definition) is 2. The summed E-state index contributed by atoms with van der Waals surface area (Å²) in [6, 6.07) is 16.0. The van der Waals surface area contributed by atoms with Gasteiger partial charge >= 0.3 is 0 Å². The minimum Gasteiger partial charge on any atom is -0.493 e. The van der Waals surface area contributed by atoms with Crippen LogP contribution in [0.15, 0.2) is 48.5 Å². The Morgan fingerprint density at radius 1 is 1.14 bits per heavy atom. The first-order chi connectivity index (χ1) is 14.2. The van der Waals surface area contributed by atoms with Crippen LogP contribution >= 0.6 is 0 Å². The smallest absolute Gasteiger partial charge is 0.251 e. The second-order valence-corrected chi connectivity index (χ2v) is 7.80. The van der Waals surface area contributed by atoms with Gasteiger partial charge in [0, 0.05) is 18.5 Å². The molecule has 0 aromatic heterocycles. The van der Waals surface area contributed by atoms with Crippen LogP contribution in [-0.2, 0) is 6.61 Å². The summed E-state index contributed by atoms with van der Waals surface area (Å²) < 4.78 is 11.3. The molecule has 29 heavy (non-hydrogen) atoms. The van der Waals surface area contributed by atoms with E-state index in [0.29, 0.717) is 30.2 Å². The van der Waals surface area contributed by atoms with E-state index in [1.165, 1.54) is 25.8 Å². The highest BCUT2D eigenvalue weighted by atomic mass is 16.5. The first-order valence-corrected chi connectivity index (χ1v) is 10.6. The number of benzene rings is 2. The van der Waals surface area contributed by atoms with Crippen molar-refractivity contribution in [3.05, 3.63) is 59.7 Å². The first-order valence-electron chi connectivity index (χ1n) is 10.6. The van der Waals surface area contributed by atoms with Crippen molar-refractivity contribution in [3.63, 3.8) is 0 Å². The fraction of sp³-hybridized carbons (Fsp3) is 0.458. The van der Waals surface area contributed by atoms with E-state index in [2.05, 4.69) is 12.2 Å². The van der Waals surface area contributed by atoms with Gasteiger partial charge in [0.2, 0.25) is 0 Å². The van der Waals surface area contributed by atoms with Crippen LogP contribution in [0, 0.1) is 0 Å². The standard InChI is InChI=1S/C24H32N2O3/c1-19-9-6-7-15-26(19)16-8-14-25-24(27)21-12-13-22(23(17-21)28-2)29-18-20-10-4-3-5-11-20/h3-5,10-13,17,19H,6-9,14-16,18H2,1-2H3,(H,25,27)/p+1/t19-/m0/s1. The van der Waals surface area contributed by atoms with Gasteiger partial charge in [-0.05, 0) is 49.9 Å². The molecule has 1 aliphatic heterocycles. The van der Waals surface area contributed by atoms with Crippen molar-refractivity contribution in [2.45, 2.75) is 45.3 Å². The van der Waals surface area contributed by atoms with E-state index in [9.17, 15) is 4.79 Å². The quantitative estimate of drug-likeness (QED) is 0.640. The van der Waals surface area contributed by atoms with Gasteiger partial charge < -0.3 is 19.7 Å². The Balaban J connectivity index is 1.48. The number of piperidine rings is 1. The summed E-state index contributed by atoms with van der Waals surface area (Å²) in [5.74, 6) is 1.13. The van der Waals surface area contributed by atoms with Crippen molar-refractivity contribution >= 4 is 5.91 Å². The number of ether oxygens (including phenoxy) is 2. The lowest BCUT2D eigenvalue weighted by atomic mass is 10.0. The molecule has 2 aromatic rings. The van der Waals surface area contributed by atoms with Gasteiger partial charge in [0.1, 0.15) is 6.61 Å². The Kier molecular flexibility index (Phi) is 7.94. The molecule has 1 aliphatic rings. The third kappa shape index (κ3) is 6.23. The van der Waals surface area contributed by atoms with Gasteiger partial charge in [0.15, 0.2) is 11.5 Å².